The fourth-order valence-electron chi connectivity index (χ4n) is 2.11. The maximum Gasteiger partial charge on any atom is 0.137 e. The predicted molar refractivity (Wildman–Crippen MR) is 64.4 cm³/mol. The van der Waals surface area contributed by atoms with Crippen LogP contribution in [0.4, 0.5) is 0 Å². The smallest absolute Gasteiger partial charge is 0.137 e. The van der Waals surface area contributed by atoms with E-state index in [0.29, 0.717) is 0 Å². The lowest BCUT2D eigenvalue weighted by Gasteiger charge is -2.08. The van der Waals surface area contributed by atoms with E-state index in [-0.39, 0.29) is 5.54 Å². The topological polar surface area (TPSA) is 43.3 Å². The van der Waals surface area contributed by atoms with Gasteiger partial charge in [-0.1, -0.05) is 0 Å². The zero-order valence-corrected chi connectivity index (χ0v) is 9.61. The summed E-state index contributed by atoms with van der Waals surface area (Å²) in [6.45, 7) is 2.07. The fourth-order valence-corrected chi connectivity index (χ4v) is 2.11. The van der Waals surface area contributed by atoms with Gasteiger partial charge in [0.1, 0.15) is 5.65 Å². The van der Waals surface area contributed by atoms with E-state index in [0.717, 1.165) is 18.5 Å². The van der Waals surface area contributed by atoms with Crippen molar-refractivity contribution in [1.29, 1.82) is 0 Å². The van der Waals surface area contributed by atoms with E-state index in [1.165, 1.54) is 24.1 Å². The first kappa shape index (κ1) is 9.85. The standard InChI is InChI=1S/C13H17N3/c1-10-9-15-12-8-11(3-7-16(10)12)2-4-13(14)5-6-13/h3,7-9H,2,4-6,14H2,1H3. The first-order valence-electron chi connectivity index (χ1n) is 5.88. The van der Waals surface area contributed by atoms with Gasteiger partial charge in [-0.15, -0.1) is 0 Å². The molecule has 1 fully saturated rings. The highest BCUT2D eigenvalue weighted by atomic mass is 15.0. The Morgan fingerprint density at radius 1 is 1.50 bits per heavy atom. The quantitative estimate of drug-likeness (QED) is 0.851. The summed E-state index contributed by atoms with van der Waals surface area (Å²) in [7, 11) is 0. The molecule has 3 rings (SSSR count). The molecular weight excluding hydrogens is 198 g/mol. The summed E-state index contributed by atoms with van der Waals surface area (Å²) in [6.07, 6.45) is 8.56. The Balaban J connectivity index is 1.82. The first-order valence-corrected chi connectivity index (χ1v) is 5.88. The Morgan fingerprint density at radius 2 is 2.31 bits per heavy atom. The second-order valence-corrected chi connectivity index (χ2v) is 5.03. The van der Waals surface area contributed by atoms with Gasteiger partial charge in [-0.3, -0.25) is 0 Å². The number of nitrogens with two attached hydrogens (primary N) is 1. The van der Waals surface area contributed by atoms with Crippen molar-refractivity contribution in [1.82, 2.24) is 9.38 Å². The zero-order valence-electron chi connectivity index (χ0n) is 9.61. The fraction of sp³-hybridized carbons (Fsp3) is 0.462. The van der Waals surface area contributed by atoms with Crippen LogP contribution >= 0.6 is 0 Å². The largest absolute Gasteiger partial charge is 0.325 e. The Bertz CT molecular complexity index is 523. The van der Waals surface area contributed by atoms with Crippen molar-refractivity contribution in [3.63, 3.8) is 0 Å². The predicted octanol–water partition coefficient (Wildman–Crippen LogP) is 2.07. The number of hydrogen-bond donors (Lipinski definition) is 1. The molecular formula is C13H17N3. The van der Waals surface area contributed by atoms with Crippen LogP contribution in [-0.4, -0.2) is 14.9 Å². The normalized spacial score (nSPS) is 17.9. The summed E-state index contributed by atoms with van der Waals surface area (Å²) in [5, 5.41) is 0. The summed E-state index contributed by atoms with van der Waals surface area (Å²) in [5.74, 6) is 0. The van der Waals surface area contributed by atoms with Gasteiger partial charge in [0.25, 0.3) is 0 Å². The van der Waals surface area contributed by atoms with E-state index >= 15 is 0 Å². The minimum absolute atomic E-state index is 0.150. The molecule has 2 aromatic heterocycles. The van der Waals surface area contributed by atoms with E-state index in [1.54, 1.807) is 0 Å². The van der Waals surface area contributed by atoms with Crippen LogP contribution in [0.15, 0.2) is 24.5 Å². The van der Waals surface area contributed by atoms with Crippen molar-refractivity contribution in [2.24, 2.45) is 5.73 Å². The minimum atomic E-state index is 0.150. The lowest BCUT2D eigenvalue weighted by atomic mass is 10.1. The lowest BCUT2D eigenvalue weighted by molar-refractivity contribution is 0.609. The number of nitrogens with zero attached hydrogens (tertiary/aromatic N) is 2. The molecule has 0 amide bonds. The van der Waals surface area contributed by atoms with Crippen molar-refractivity contribution in [3.8, 4) is 0 Å². The second kappa shape index (κ2) is 3.32. The van der Waals surface area contributed by atoms with Crippen LogP contribution in [0, 0.1) is 6.92 Å². The number of aryl methyl sites for hydroxylation is 2. The number of imidazole rings is 1. The van der Waals surface area contributed by atoms with Gasteiger partial charge in [0.2, 0.25) is 0 Å². The van der Waals surface area contributed by atoms with Gasteiger partial charge in [0, 0.05) is 23.6 Å². The van der Waals surface area contributed by atoms with Crippen LogP contribution in [0.25, 0.3) is 5.65 Å². The van der Waals surface area contributed by atoms with Crippen LogP contribution in [0.5, 0.6) is 0 Å². The molecule has 0 saturated heterocycles. The van der Waals surface area contributed by atoms with Crippen LogP contribution < -0.4 is 5.73 Å². The van der Waals surface area contributed by atoms with Gasteiger partial charge in [-0.05, 0) is 50.3 Å². The molecule has 1 aliphatic carbocycles. The minimum Gasteiger partial charge on any atom is -0.325 e. The van der Waals surface area contributed by atoms with E-state index in [1.807, 2.05) is 6.20 Å². The summed E-state index contributed by atoms with van der Waals surface area (Å²) < 4.78 is 2.11. The third-order valence-electron chi connectivity index (χ3n) is 3.57. The van der Waals surface area contributed by atoms with Crippen LogP contribution in [0.1, 0.15) is 30.5 Å². The Kier molecular flexibility index (Phi) is 2.04. The van der Waals surface area contributed by atoms with Crippen molar-refractivity contribution in [2.45, 2.75) is 38.1 Å². The molecule has 2 N–H and O–H groups in total. The molecule has 3 heteroatoms. The van der Waals surface area contributed by atoms with Gasteiger partial charge in [0.15, 0.2) is 0 Å². The maximum absolute atomic E-state index is 6.09. The maximum atomic E-state index is 6.09. The summed E-state index contributed by atoms with van der Waals surface area (Å²) in [6, 6.07) is 4.34. The molecule has 1 aliphatic rings. The van der Waals surface area contributed by atoms with Gasteiger partial charge in [0.05, 0.1) is 0 Å². The van der Waals surface area contributed by atoms with Crippen molar-refractivity contribution in [2.75, 3.05) is 0 Å². The molecule has 1 saturated carbocycles. The van der Waals surface area contributed by atoms with Gasteiger partial charge >= 0.3 is 0 Å². The third-order valence-corrected chi connectivity index (χ3v) is 3.57. The van der Waals surface area contributed by atoms with Crippen molar-refractivity contribution >= 4 is 5.65 Å². The third kappa shape index (κ3) is 1.71. The number of hydrogen-bond acceptors (Lipinski definition) is 2. The highest BCUT2D eigenvalue weighted by Gasteiger charge is 2.37. The SMILES string of the molecule is Cc1cnc2cc(CCC3(N)CC3)ccn12. The average Bonchev–Trinajstić information content (AvgIpc) is 2.91. The molecule has 2 heterocycles. The number of pyridine rings is 1. The number of fused-ring (bicyclic) bond motifs is 1. The molecule has 2 aromatic rings. The lowest BCUT2D eigenvalue weighted by Crippen LogP contribution is -2.22. The number of rotatable bonds is 3. The summed E-state index contributed by atoms with van der Waals surface area (Å²) in [5.41, 5.74) is 9.80. The molecule has 0 unspecified atom stereocenters. The monoisotopic (exact) mass is 215 g/mol. The second-order valence-electron chi connectivity index (χ2n) is 5.03. The van der Waals surface area contributed by atoms with Crippen LogP contribution in [0.2, 0.25) is 0 Å². The Hall–Kier alpha value is -1.35. The van der Waals surface area contributed by atoms with E-state index < -0.39 is 0 Å². The average molecular weight is 215 g/mol. The van der Waals surface area contributed by atoms with Gasteiger partial charge in [-0.25, -0.2) is 4.98 Å². The number of aromatic nitrogens is 2. The first-order chi connectivity index (χ1) is 7.66. The van der Waals surface area contributed by atoms with E-state index in [2.05, 4.69) is 34.6 Å². The summed E-state index contributed by atoms with van der Waals surface area (Å²) in [4.78, 5) is 4.37. The molecule has 3 nitrogen and oxygen atoms in total. The van der Waals surface area contributed by atoms with Gasteiger partial charge < -0.3 is 10.1 Å². The van der Waals surface area contributed by atoms with Crippen LogP contribution in [-0.2, 0) is 6.42 Å². The molecule has 84 valence electrons. The van der Waals surface area contributed by atoms with Gasteiger partial charge in [-0.2, -0.15) is 0 Å². The van der Waals surface area contributed by atoms with Crippen molar-refractivity contribution < 1.29 is 0 Å². The Morgan fingerprint density at radius 3 is 3.06 bits per heavy atom. The molecule has 16 heavy (non-hydrogen) atoms. The molecule has 0 bridgehead atoms. The van der Waals surface area contributed by atoms with E-state index in [9.17, 15) is 0 Å². The molecule has 0 spiro atoms. The van der Waals surface area contributed by atoms with E-state index in [4.69, 9.17) is 5.73 Å². The molecule has 0 radical (unpaired) electrons. The highest BCUT2D eigenvalue weighted by molar-refractivity contribution is 5.43. The summed E-state index contributed by atoms with van der Waals surface area (Å²) >= 11 is 0. The molecule has 0 aliphatic heterocycles. The zero-order chi connectivity index (χ0) is 11.2. The molecule has 0 atom stereocenters. The Labute approximate surface area is 95.3 Å². The highest BCUT2D eigenvalue weighted by Crippen LogP contribution is 2.36. The van der Waals surface area contributed by atoms with Crippen molar-refractivity contribution in [3.05, 3.63) is 35.8 Å². The van der Waals surface area contributed by atoms with Crippen LogP contribution in [0.3, 0.4) is 0 Å². The molecule has 0 aromatic carbocycles.